The van der Waals surface area contributed by atoms with Crippen LogP contribution in [0.3, 0.4) is 0 Å². The summed E-state index contributed by atoms with van der Waals surface area (Å²) in [6.45, 7) is 9.69. The third-order valence-electron chi connectivity index (χ3n) is 3.24. The van der Waals surface area contributed by atoms with Gasteiger partial charge < -0.3 is 10.1 Å². The number of hydrogen-bond acceptors (Lipinski definition) is 3. The van der Waals surface area contributed by atoms with E-state index in [0.29, 0.717) is 6.04 Å². The van der Waals surface area contributed by atoms with E-state index < -0.39 is 0 Å². The van der Waals surface area contributed by atoms with Crippen LogP contribution in [0.1, 0.15) is 43.0 Å². The second kappa shape index (κ2) is 8.49. The quantitative estimate of drug-likeness (QED) is 0.725. The smallest absolute Gasteiger partial charge is 0.122 e. The van der Waals surface area contributed by atoms with Gasteiger partial charge in [-0.3, -0.25) is 0 Å². The number of ether oxygens (including phenoxy) is 1. The van der Waals surface area contributed by atoms with Crippen LogP contribution in [0, 0.1) is 13.8 Å². The van der Waals surface area contributed by atoms with Crippen LogP contribution < -0.4 is 10.1 Å². The maximum atomic E-state index is 5.39. The zero-order chi connectivity index (χ0) is 14.3. The number of methoxy groups -OCH3 is 1. The molecule has 1 aromatic rings. The standard InChI is InChI=1S/C16H27NOS/c1-6-8-19-11-15(17-7-2)14-9-13(4)16(18-5)10-12(14)3/h9-10,15,17H,6-8,11H2,1-5H3. The van der Waals surface area contributed by atoms with E-state index >= 15 is 0 Å². The Kier molecular flexibility index (Phi) is 7.32. The minimum atomic E-state index is 0.436. The summed E-state index contributed by atoms with van der Waals surface area (Å²) in [5.41, 5.74) is 3.93. The molecular weight excluding hydrogens is 254 g/mol. The number of thioether (sulfide) groups is 1. The van der Waals surface area contributed by atoms with E-state index in [0.717, 1.165) is 18.0 Å². The maximum absolute atomic E-state index is 5.39. The fourth-order valence-electron chi connectivity index (χ4n) is 2.26. The summed E-state index contributed by atoms with van der Waals surface area (Å²) in [6.07, 6.45) is 1.24. The summed E-state index contributed by atoms with van der Waals surface area (Å²) in [5, 5.41) is 3.60. The molecule has 108 valence electrons. The van der Waals surface area contributed by atoms with Crippen LogP contribution in [0.15, 0.2) is 12.1 Å². The monoisotopic (exact) mass is 281 g/mol. The molecule has 0 saturated heterocycles. The van der Waals surface area contributed by atoms with Gasteiger partial charge in [-0.15, -0.1) is 0 Å². The van der Waals surface area contributed by atoms with Crippen molar-refractivity contribution in [2.45, 2.75) is 40.2 Å². The molecule has 0 radical (unpaired) electrons. The van der Waals surface area contributed by atoms with Crippen molar-refractivity contribution in [3.8, 4) is 5.75 Å². The molecule has 19 heavy (non-hydrogen) atoms. The lowest BCUT2D eigenvalue weighted by atomic mass is 9.99. The Labute approximate surface area is 122 Å². The molecule has 0 aromatic heterocycles. The molecule has 1 unspecified atom stereocenters. The van der Waals surface area contributed by atoms with Gasteiger partial charge in [0.15, 0.2) is 0 Å². The Hall–Kier alpha value is -0.670. The van der Waals surface area contributed by atoms with Gasteiger partial charge in [0.05, 0.1) is 7.11 Å². The molecule has 2 nitrogen and oxygen atoms in total. The average Bonchev–Trinajstić information content (AvgIpc) is 2.40. The summed E-state index contributed by atoms with van der Waals surface area (Å²) in [7, 11) is 1.74. The van der Waals surface area contributed by atoms with Gasteiger partial charge in [0.1, 0.15) is 5.75 Å². The molecule has 0 bridgehead atoms. The number of rotatable bonds is 8. The van der Waals surface area contributed by atoms with E-state index in [1.807, 2.05) is 11.8 Å². The summed E-state index contributed by atoms with van der Waals surface area (Å²) in [6, 6.07) is 4.86. The molecule has 0 aliphatic rings. The van der Waals surface area contributed by atoms with Crippen LogP contribution in [0.4, 0.5) is 0 Å². The first-order valence-electron chi connectivity index (χ1n) is 7.10. The third kappa shape index (κ3) is 4.73. The number of benzene rings is 1. The Balaban J connectivity index is 2.91. The Morgan fingerprint density at radius 1 is 1.21 bits per heavy atom. The number of nitrogens with one attached hydrogen (secondary N) is 1. The van der Waals surface area contributed by atoms with E-state index in [1.165, 1.54) is 28.9 Å². The van der Waals surface area contributed by atoms with Crippen molar-refractivity contribution in [1.29, 1.82) is 0 Å². The fraction of sp³-hybridized carbons (Fsp3) is 0.625. The van der Waals surface area contributed by atoms with Crippen molar-refractivity contribution in [2.75, 3.05) is 25.2 Å². The highest BCUT2D eigenvalue weighted by Crippen LogP contribution is 2.28. The molecule has 0 spiro atoms. The predicted octanol–water partition coefficient (Wildman–Crippen LogP) is 4.11. The molecule has 1 N–H and O–H groups in total. The molecule has 0 heterocycles. The van der Waals surface area contributed by atoms with Crippen LogP contribution in [-0.4, -0.2) is 25.2 Å². The van der Waals surface area contributed by atoms with E-state index in [9.17, 15) is 0 Å². The molecule has 0 amide bonds. The first-order valence-corrected chi connectivity index (χ1v) is 8.25. The van der Waals surface area contributed by atoms with Gasteiger partial charge in [0, 0.05) is 11.8 Å². The molecule has 1 atom stereocenters. The third-order valence-corrected chi connectivity index (χ3v) is 4.51. The topological polar surface area (TPSA) is 21.3 Å². The minimum Gasteiger partial charge on any atom is -0.496 e. The number of aryl methyl sites for hydroxylation is 2. The van der Waals surface area contributed by atoms with Gasteiger partial charge in [-0.25, -0.2) is 0 Å². The highest BCUT2D eigenvalue weighted by molar-refractivity contribution is 7.99. The molecule has 0 saturated carbocycles. The summed E-state index contributed by atoms with van der Waals surface area (Å²) in [5.74, 6) is 3.35. The van der Waals surface area contributed by atoms with Gasteiger partial charge in [-0.05, 0) is 55.3 Å². The highest BCUT2D eigenvalue weighted by Gasteiger charge is 2.14. The highest BCUT2D eigenvalue weighted by atomic mass is 32.2. The molecular formula is C16H27NOS. The molecule has 3 heteroatoms. The Morgan fingerprint density at radius 3 is 2.53 bits per heavy atom. The lowest BCUT2D eigenvalue weighted by Crippen LogP contribution is -2.24. The van der Waals surface area contributed by atoms with E-state index in [2.05, 4.69) is 45.1 Å². The zero-order valence-corrected chi connectivity index (χ0v) is 13.7. The van der Waals surface area contributed by atoms with Crippen LogP contribution in [0.2, 0.25) is 0 Å². The van der Waals surface area contributed by atoms with Gasteiger partial charge in [0.25, 0.3) is 0 Å². The first kappa shape index (κ1) is 16.4. The van der Waals surface area contributed by atoms with Crippen molar-refractivity contribution < 1.29 is 4.74 Å². The molecule has 1 rings (SSSR count). The lowest BCUT2D eigenvalue weighted by molar-refractivity contribution is 0.411. The van der Waals surface area contributed by atoms with Gasteiger partial charge in [-0.2, -0.15) is 11.8 Å². The second-order valence-electron chi connectivity index (χ2n) is 4.86. The van der Waals surface area contributed by atoms with E-state index in [1.54, 1.807) is 7.11 Å². The average molecular weight is 281 g/mol. The summed E-state index contributed by atoms with van der Waals surface area (Å²) < 4.78 is 5.39. The predicted molar refractivity (Wildman–Crippen MR) is 86.5 cm³/mol. The van der Waals surface area contributed by atoms with E-state index in [4.69, 9.17) is 4.74 Å². The molecule has 0 aliphatic heterocycles. The largest absolute Gasteiger partial charge is 0.496 e. The second-order valence-corrected chi connectivity index (χ2v) is 6.01. The Morgan fingerprint density at radius 2 is 1.95 bits per heavy atom. The fourth-order valence-corrected chi connectivity index (χ4v) is 3.25. The molecule has 0 aliphatic carbocycles. The molecule has 1 aromatic carbocycles. The zero-order valence-electron chi connectivity index (χ0n) is 12.9. The first-order chi connectivity index (χ1) is 9.13. The van der Waals surface area contributed by atoms with Crippen LogP contribution in [0.5, 0.6) is 5.75 Å². The number of hydrogen-bond donors (Lipinski definition) is 1. The SMILES string of the molecule is CCCSCC(NCC)c1cc(C)c(OC)cc1C. The van der Waals surface area contributed by atoms with Crippen LogP contribution in [-0.2, 0) is 0 Å². The Bertz CT molecular complexity index is 393. The van der Waals surface area contributed by atoms with Gasteiger partial charge in [-0.1, -0.05) is 19.9 Å². The lowest BCUT2D eigenvalue weighted by Gasteiger charge is -2.21. The summed E-state index contributed by atoms with van der Waals surface area (Å²) >= 11 is 2.03. The van der Waals surface area contributed by atoms with Crippen molar-refractivity contribution in [1.82, 2.24) is 5.32 Å². The van der Waals surface area contributed by atoms with E-state index in [-0.39, 0.29) is 0 Å². The maximum Gasteiger partial charge on any atom is 0.122 e. The van der Waals surface area contributed by atoms with Crippen LogP contribution in [0.25, 0.3) is 0 Å². The summed E-state index contributed by atoms with van der Waals surface area (Å²) in [4.78, 5) is 0. The van der Waals surface area contributed by atoms with Crippen molar-refractivity contribution in [3.63, 3.8) is 0 Å². The van der Waals surface area contributed by atoms with Crippen molar-refractivity contribution in [2.24, 2.45) is 0 Å². The van der Waals surface area contributed by atoms with Crippen molar-refractivity contribution >= 4 is 11.8 Å². The molecule has 0 fully saturated rings. The normalized spacial score (nSPS) is 12.5. The van der Waals surface area contributed by atoms with Gasteiger partial charge in [0.2, 0.25) is 0 Å². The minimum absolute atomic E-state index is 0.436. The van der Waals surface area contributed by atoms with Crippen molar-refractivity contribution in [3.05, 3.63) is 28.8 Å². The van der Waals surface area contributed by atoms with Gasteiger partial charge >= 0.3 is 0 Å². The van der Waals surface area contributed by atoms with Crippen LogP contribution >= 0.6 is 11.8 Å².